The number of aromatic nitrogens is 1. The van der Waals surface area contributed by atoms with Crippen molar-refractivity contribution in [3.8, 4) is 5.75 Å². The van der Waals surface area contributed by atoms with Crippen molar-refractivity contribution >= 4 is 17.6 Å². The summed E-state index contributed by atoms with van der Waals surface area (Å²) >= 11 is 0. The van der Waals surface area contributed by atoms with Gasteiger partial charge in [-0.15, -0.1) is 0 Å². The van der Waals surface area contributed by atoms with E-state index < -0.39 is 17.4 Å². The zero-order valence-electron chi connectivity index (χ0n) is 15.4. The second kappa shape index (κ2) is 6.78. The van der Waals surface area contributed by atoms with Crippen molar-refractivity contribution in [3.63, 3.8) is 0 Å². The Morgan fingerprint density at radius 2 is 2.00 bits per heavy atom. The van der Waals surface area contributed by atoms with E-state index in [1.807, 2.05) is 45.0 Å². The van der Waals surface area contributed by atoms with Crippen LogP contribution in [0.2, 0.25) is 0 Å². The minimum atomic E-state index is -1.64. The lowest BCUT2D eigenvalue weighted by molar-refractivity contribution is -0.148. The summed E-state index contributed by atoms with van der Waals surface area (Å²) in [4.78, 5) is 31.7. The van der Waals surface area contributed by atoms with Gasteiger partial charge in [-0.25, -0.2) is 4.98 Å². The van der Waals surface area contributed by atoms with Crippen LogP contribution in [-0.4, -0.2) is 28.4 Å². The lowest BCUT2D eigenvalue weighted by atomic mass is 9.99. The van der Waals surface area contributed by atoms with E-state index >= 15 is 0 Å². The number of ether oxygens (including phenoxy) is 1. The van der Waals surface area contributed by atoms with Crippen LogP contribution in [-0.2, 0) is 16.1 Å². The largest absolute Gasteiger partial charge is 0.464 e. The predicted molar refractivity (Wildman–Crippen MR) is 98.9 cm³/mol. The highest BCUT2D eigenvalue weighted by molar-refractivity contribution is 6.16. The molecule has 1 aliphatic rings. The van der Waals surface area contributed by atoms with Crippen LogP contribution in [0.25, 0.3) is 0 Å². The van der Waals surface area contributed by atoms with Crippen molar-refractivity contribution in [1.82, 2.24) is 10.3 Å². The van der Waals surface area contributed by atoms with Crippen LogP contribution >= 0.6 is 0 Å². The molecule has 2 heterocycles. The lowest BCUT2D eigenvalue weighted by Crippen LogP contribution is -2.63. The second-order valence-corrected chi connectivity index (χ2v) is 6.84. The third-order valence-electron chi connectivity index (χ3n) is 4.57. The smallest absolute Gasteiger partial charge is 0.282 e. The Hall–Kier alpha value is -2.89. The summed E-state index contributed by atoms with van der Waals surface area (Å²) in [6, 6.07) is 11.1. The number of amides is 2. The molecule has 136 valence electrons. The van der Waals surface area contributed by atoms with Gasteiger partial charge in [-0.05, 0) is 51.0 Å². The number of rotatable bonds is 4. The third-order valence-corrected chi connectivity index (χ3v) is 4.57. The Morgan fingerprint density at radius 3 is 2.69 bits per heavy atom. The van der Waals surface area contributed by atoms with Gasteiger partial charge in [-0.3, -0.25) is 14.5 Å². The summed E-state index contributed by atoms with van der Waals surface area (Å²) < 4.78 is 5.83. The number of pyridine rings is 1. The van der Waals surface area contributed by atoms with E-state index in [0.717, 1.165) is 11.1 Å². The molecule has 0 spiro atoms. The van der Waals surface area contributed by atoms with Crippen molar-refractivity contribution < 1.29 is 14.3 Å². The molecule has 0 aliphatic carbocycles. The molecule has 0 saturated carbocycles. The van der Waals surface area contributed by atoms with E-state index in [0.29, 0.717) is 18.1 Å². The Balaban J connectivity index is 1.87. The molecule has 0 bridgehead atoms. The highest BCUT2D eigenvalue weighted by Crippen LogP contribution is 2.37. The summed E-state index contributed by atoms with van der Waals surface area (Å²) in [7, 11) is 0. The van der Waals surface area contributed by atoms with Crippen LogP contribution in [0.5, 0.6) is 5.75 Å². The number of anilines is 1. The Labute approximate surface area is 153 Å². The minimum Gasteiger partial charge on any atom is -0.464 e. The van der Waals surface area contributed by atoms with Gasteiger partial charge in [0, 0.05) is 18.8 Å². The number of hydrogen-bond donors (Lipinski definition) is 1. The van der Waals surface area contributed by atoms with Crippen LogP contribution in [0.1, 0.15) is 31.9 Å². The molecular formula is C20H23N3O3. The quantitative estimate of drug-likeness (QED) is 0.858. The SMILES string of the molecule is Cc1ccccc1CNC(=O)[C@]1(C)Oc2cccnc2N(C(C)C)C1=O. The van der Waals surface area contributed by atoms with Gasteiger partial charge in [0.25, 0.3) is 17.4 Å². The first-order valence-corrected chi connectivity index (χ1v) is 8.65. The Bertz CT molecular complexity index is 850. The number of fused-ring (bicyclic) bond motifs is 1. The van der Waals surface area contributed by atoms with E-state index in [-0.39, 0.29) is 6.04 Å². The van der Waals surface area contributed by atoms with Crippen molar-refractivity contribution in [1.29, 1.82) is 0 Å². The normalized spacial score (nSPS) is 19.1. The molecule has 1 atom stereocenters. The average Bonchev–Trinajstić information content (AvgIpc) is 2.61. The van der Waals surface area contributed by atoms with Gasteiger partial charge in [-0.2, -0.15) is 0 Å². The summed E-state index contributed by atoms with van der Waals surface area (Å²) in [6.45, 7) is 7.59. The lowest BCUT2D eigenvalue weighted by Gasteiger charge is -2.40. The van der Waals surface area contributed by atoms with Crippen LogP contribution in [0.15, 0.2) is 42.6 Å². The maximum absolute atomic E-state index is 13.1. The molecule has 1 aromatic carbocycles. The van der Waals surface area contributed by atoms with Gasteiger partial charge in [0.05, 0.1) is 0 Å². The molecule has 26 heavy (non-hydrogen) atoms. The molecule has 0 unspecified atom stereocenters. The Kier molecular flexibility index (Phi) is 4.68. The fraction of sp³-hybridized carbons (Fsp3) is 0.350. The summed E-state index contributed by atoms with van der Waals surface area (Å²) in [5, 5.41) is 2.84. The fourth-order valence-electron chi connectivity index (χ4n) is 3.01. The van der Waals surface area contributed by atoms with E-state index in [9.17, 15) is 9.59 Å². The maximum Gasteiger partial charge on any atom is 0.282 e. The van der Waals surface area contributed by atoms with Gasteiger partial charge in [0.1, 0.15) is 0 Å². The molecule has 1 N–H and O–H groups in total. The molecule has 1 aliphatic heterocycles. The van der Waals surface area contributed by atoms with Crippen LogP contribution in [0.4, 0.5) is 5.82 Å². The van der Waals surface area contributed by atoms with Crippen molar-refractivity contribution in [2.75, 3.05) is 4.90 Å². The predicted octanol–water partition coefficient (Wildman–Crippen LogP) is 2.60. The summed E-state index contributed by atoms with van der Waals surface area (Å²) in [5.41, 5.74) is 0.436. The summed E-state index contributed by atoms with van der Waals surface area (Å²) in [6.07, 6.45) is 1.60. The molecule has 3 rings (SSSR count). The zero-order chi connectivity index (χ0) is 18.9. The average molecular weight is 353 g/mol. The molecule has 2 amide bonds. The molecule has 2 aromatic rings. The van der Waals surface area contributed by atoms with E-state index in [4.69, 9.17) is 4.74 Å². The number of aryl methyl sites for hydroxylation is 1. The standard InChI is InChI=1S/C20H23N3O3/c1-13(2)23-17-16(10-7-11-21-17)26-20(4,19(23)25)18(24)22-12-15-9-6-5-8-14(15)3/h5-11,13H,12H2,1-4H3,(H,22,24)/t20-/m0/s1. The van der Waals surface area contributed by atoms with E-state index in [1.165, 1.54) is 11.8 Å². The number of hydrogen-bond acceptors (Lipinski definition) is 4. The van der Waals surface area contributed by atoms with Crippen molar-refractivity contribution in [2.24, 2.45) is 0 Å². The highest BCUT2D eigenvalue weighted by Gasteiger charge is 2.51. The number of carbonyl (C=O) groups excluding carboxylic acids is 2. The topological polar surface area (TPSA) is 71.5 Å². The molecule has 0 saturated heterocycles. The number of carbonyl (C=O) groups is 2. The zero-order valence-corrected chi connectivity index (χ0v) is 15.4. The number of nitrogens with one attached hydrogen (secondary N) is 1. The molecule has 6 heteroatoms. The second-order valence-electron chi connectivity index (χ2n) is 6.84. The molecular weight excluding hydrogens is 330 g/mol. The molecule has 0 fully saturated rings. The fourth-order valence-corrected chi connectivity index (χ4v) is 3.01. The first-order chi connectivity index (χ1) is 12.3. The first kappa shape index (κ1) is 17.9. The van der Waals surface area contributed by atoms with Crippen molar-refractivity contribution in [2.45, 2.75) is 45.9 Å². The summed E-state index contributed by atoms with van der Waals surface area (Å²) in [5.74, 6) is -0.0158. The van der Waals surface area contributed by atoms with Gasteiger partial charge >= 0.3 is 0 Å². The third kappa shape index (κ3) is 3.03. The van der Waals surface area contributed by atoms with Crippen LogP contribution in [0.3, 0.4) is 0 Å². The number of nitrogens with zero attached hydrogens (tertiary/aromatic N) is 2. The van der Waals surface area contributed by atoms with Gasteiger partial charge in [0.15, 0.2) is 11.6 Å². The molecule has 0 radical (unpaired) electrons. The molecule has 6 nitrogen and oxygen atoms in total. The minimum absolute atomic E-state index is 0.149. The monoisotopic (exact) mass is 353 g/mol. The number of benzene rings is 1. The van der Waals surface area contributed by atoms with Crippen LogP contribution in [0, 0.1) is 6.92 Å². The Morgan fingerprint density at radius 1 is 1.27 bits per heavy atom. The van der Waals surface area contributed by atoms with E-state index in [1.54, 1.807) is 18.3 Å². The van der Waals surface area contributed by atoms with E-state index in [2.05, 4.69) is 10.3 Å². The van der Waals surface area contributed by atoms with Gasteiger partial charge < -0.3 is 10.1 Å². The van der Waals surface area contributed by atoms with Gasteiger partial charge in [-0.1, -0.05) is 24.3 Å². The maximum atomic E-state index is 13.1. The molecule has 1 aromatic heterocycles. The highest BCUT2D eigenvalue weighted by atomic mass is 16.5. The van der Waals surface area contributed by atoms with Crippen LogP contribution < -0.4 is 15.0 Å². The first-order valence-electron chi connectivity index (χ1n) is 8.65. The van der Waals surface area contributed by atoms with Gasteiger partial charge in [0.2, 0.25) is 0 Å². The van der Waals surface area contributed by atoms with Crippen molar-refractivity contribution in [3.05, 3.63) is 53.7 Å².